The Morgan fingerprint density at radius 2 is 1.91 bits per heavy atom. The van der Waals surface area contributed by atoms with Gasteiger partial charge in [0.25, 0.3) is 5.91 Å². The summed E-state index contributed by atoms with van der Waals surface area (Å²) >= 11 is 0. The fourth-order valence-corrected chi connectivity index (χ4v) is 5.51. The molecule has 13 heteroatoms. The van der Waals surface area contributed by atoms with E-state index in [0.717, 1.165) is 28.6 Å². The van der Waals surface area contributed by atoms with Gasteiger partial charge in [-0.05, 0) is 37.1 Å². The van der Waals surface area contributed by atoms with Gasteiger partial charge in [0.15, 0.2) is 0 Å². The number of hydrogen-bond donors (Lipinski definition) is 2. The molecule has 0 bridgehead atoms. The van der Waals surface area contributed by atoms with Crippen molar-refractivity contribution in [2.24, 2.45) is 0 Å². The van der Waals surface area contributed by atoms with E-state index in [9.17, 15) is 27.2 Å². The molecule has 1 aromatic carbocycles. The molecule has 0 unspecified atom stereocenters. The molecular weight excluding hydrogens is 467 g/mol. The van der Waals surface area contributed by atoms with E-state index in [1.807, 2.05) is 0 Å². The molecule has 0 saturated carbocycles. The molecule has 11 nitrogen and oxygen atoms in total. The highest BCUT2D eigenvalue weighted by atomic mass is 32.2. The average Bonchev–Trinajstić information content (AvgIpc) is 2.85. The number of rotatable bonds is 5. The van der Waals surface area contributed by atoms with Gasteiger partial charge in [0.2, 0.25) is 21.8 Å². The maximum absolute atomic E-state index is 13.4. The normalized spacial score (nSPS) is 21.6. The SMILES string of the molecule is O=C(N[C@@H]1CCCNC1=O)[C@H]1CN(C(=O)c2cnccn2)CCN1S(=O)(=O)c1ccc(F)cc1. The zero-order valence-electron chi connectivity index (χ0n) is 18.1. The largest absolute Gasteiger partial charge is 0.354 e. The van der Waals surface area contributed by atoms with Crippen molar-refractivity contribution in [1.82, 2.24) is 29.8 Å². The second-order valence-electron chi connectivity index (χ2n) is 7.92. The fraction of sp³-hybridized carbons (Fsp3) is 0.381. The lowest BCUT2D eigenvalue weighted by Crippen LogP contribution is -2.63. The molecule has 34 heavy (non-hydrogen) atoms. The second-order valence-corrected chi connectivity index (χ2v) is 9.81. The van der Waals surface area contributed by atoms with Crippen LogP contribution in [0, 0.1) is 5.82 Å². The molecule has 2 atom stereocenters. The van der Waals surface area contributed by atoms with Crippen LogP contribution in [0.4, 0.5) is 4.39 Å². The molecule has 3 heterocycles. The van der Waals surface area contributed by atoms with E-state index < -0.39 is 39.7 Å². The van der Waals surface area contributed by atoms with Crippen LogP contribution in [0.2, 0.25) is 0 Å². The summed E-state index contributed by atoms with van der Waals surface area (Å²) in [6.07, 6.45) is 5.13. The summed E-state index contributed by atoms with van der Waals surface area (Å²) in [6.45, 7) is 0.0697. The zero-order chi connectivity index (χ0) is 24.3. The second kappa shape index (κ2) is 9.81. The first kappa shape index (κ1) is 23.7. The lowest BCUT2D eigenvalue weighted by molar-refractivity contribution is -0.132. The molecule has 0 radical (unpaired) electrons. The van der Waals surface area contributed by atoms with Crippen molar-refractivity contribution in [2.45, 2.75) is 29.8 Å². The van der Waals surface area contributed by atoms with Crippen molar-refractivity contribution < 1.29 is 27.2 Å². The molecule has 2 fully saturated rings. The van der Waals surface area contributed by atoms with Gasteiger partial charge in [0, 0.05) is 38.6 Å². The molecule has 4 rings (SSSR count). The summed E-state index contributed by atoms with van der Waals surface area (Å²) in [4.78, 5) is 47.2. The predicted octanol–water partition coefficient (Wildman–Crippen LogP) is -0.474. The molecule has 2 N–H and O–H groups in total. The monoisotopic (exact) mass is 490 g/mol. The van der Waals surface area contributed by atoms with E-state index in [1.54, 1.807) is 0 Å². The highest BCUT2D eigenvalue weighted by molar-refractivity contribution is 7.89. The number of sulfonamides is 1. The minimum absolute atomic E-state index is 0.00350. The number of nitrogens with one attached hydrogen (secondary N) is 2. The number of carbonyl (C=O) groups is 3. The molecule has 0 aliphatic carbocycles. The number of halogens is 1. The highest BCUT2D eigenvalue weighted by Crippen LogP contribution is 2.23. The van der Waals surface area contributed by atoms with E-state index in [0.29, 0.717) is 19.4 Å². The van der Waals surface area contributed by atoms with Gasteiger partial charge >= 0.3 is 0 Å². The first-order chi connectivity index (χ1) is 16.3. The molecule has 0 spiro atoms. The zero-order valence-corrected chi connectivity index (χ0v) is 18.9. The maximum Gasteiger partial charge on any atom is 0.274 e. The van der Waals surface area contributed by atoms with Crippen LogP contribution in [0.1, 0.15) is 23.3 Å². The molecule has 180 valence electrons. The average molecular weight is 491 g/mol. The van der Waals surface area contributed by atoms with Gasteiger partial charge in [0.1, 0.15) is 23.6 Å². The Kier molecular flexibility index (Phi) is 6.84. The van der Waals surface area contributed by atoms with Gasteiger partial charge in [-0.15, -0.1) is 0 Å². The van der Waals surface area contributed by atoms with Crippen molar-refractivity contribution in [3.8, 4) is 0 Å². The number of piperidine rings is 1. The van der Waals surface area contributed by atoms with Crippen molar-refractivity contribution in [1.29, 1.82) is 0 Å². The topological polar surface area (TPSA) is 142 Å². The lowest BCUT2D eigenvalue weighted by Gasteiger charge is -2.40. The summed E-state index contributed by atoms with van der Waals surface area (Å²) in [6, 6.07) is 2.16. The molecule has 2 saturated heterocycles. The summed E-state index contributed by atoms with van der Waals surface area (Å²) in [5, 5.41) is 5.28. The Balaban J connectivity index is 1.62. The number of carbonyl (C=O) groups excluding carboxylic acids is 3. The number of piperazine rings is 1. The van der Waals surface area contributed by atoms with Gasteiger partial charge in [-0.2, -0.15) is 4.31 Å². The molecule has 2 aliphatic rings. The number of amides is 3. The van der Waals surface area contributed by atoms with E-state index in [4.69, 9.17) is 0 Å². The minimum Gasteiger partial charge on any atom is -0.354 e. The van der Waals surface area contributed by atoms with Gasteiger partial charge in [0.05, 0.1) is 11.1 Å². The van der Waals surface area contributed by atoms with Crippen LogP contribution >= 0.6 is 0 Å². The third-order valence-corrected chi connectivity index (χ3v) is 7.65. The minimum atomic E-state index is -4.20. The Labute approximate surface area is 195 Å². The molecule has 2 aliphatic heterocycles. The van der Waals surface area contributed by atoms with Crippen LogP contribution in [0.25, 0.3) is 0 Å². The van der Waals surface area contributed by atoms with Gasteiger partial charge in [-0.25, -0.2) is 17.8 Å². The van der Waals surface area contributed by atoms with E-state index in [2.05, 4.69) is 20.6 Å². The number of nitrogens with zero attached hydrogens (tertiary/aromatic N) is 4. The summed E-state index contributed by atoms with van der Waals surface area (Å²) in [5.41, 5.74) is 0.0585. The van der Waals surface area contributed by atoms with E-state index >= 15 is 0 Å². The Hall–Kier alpha value is -3.45. The van der Waals surface area contributed by atoms with Gasteiger partial charge < -0.3 is 15.5 Å². The lowest BCUT2D eigenvalue weighted by atomic mass is 10.1. The number of hydrogen-bond acceptors (Lipinski definition) is 7. The highest BCUT2D eigenvalue weighted by Gasteiger charge is 2.42. The standard InChI is InChI=1S/C21H23FN6O5S/c22-14-3-5-15(6-4-14)34(32,33)28-11-10-27(21(31)17-12-23-8-9-24-17)13-18(28)20(30)26-16-2-1-7-25-19(16)29/h3-6,8-9,12,16,18H,1-2,7,10-11,13H2,(H,25,29)(H,26,30)/t16-,18-/m1/s1. The third-order valence-electron chi connectivity index (χ3n) is 5.73. The third kappa shape index (κ3) is 4.89. The number of aromatic nitrogens is 2. The molecule has 1 aromatic heterocycles. The summed E-state index contributed by atoms with van der Waals surface area (Å²) < 4.78 is 41.0. The summed E-state index contributed by atoms with van der Waals surface area (Å²) in [5.74, 6) is -2.16. The van der Waals surface area contributed by atoms with Crippen molar-refractivity contribution in [3.63, 3.8) is 0 Å². The Morgan fingerprint density at radius 3 is 2.59 bits per heavy atom. The molecule has 3 amide bonds. The van der Waals surface area contributed by atoms with Crippen molar-refractivity contribution in [2.75, 3.05) is 26.2 Å². The maximum atomic E-state index is 13.4. The fourth-order valence-electron chi connectivity index (χ4n) is 3.94. The number of benzene rings is 1. The quantitative estimate of drug-likeness (QED) is 0.577. The molecule has 2 aromatic rings. The smallest absolute Gasteiger partial charge is 0.274 e. The van der Waals surface area contributed by atoms with Crippen LogP contribution in [0.15, 0.2) is 47.8 Å². The van der Waals surface area contributed by atoms with Gasteiger partial charge in [-0.1, -0.05) is 0 Å². The van der Waals surface area contributed by atoms with E-state index in [1.165, 1.54) is 23.5 Å². The Morgan fingerprint density at radius 1 is 1.15 bits per heavy atom. The molecular formula is C21H23FN6O5S. The first-order valence-corrected chi connectivity index (χ1v) is 12.1. The van der Waals surface area contributed by atoms with E-state index in [-0.39, 0.29) is 36.1 Å². The van der Waals surface area contributed by atoms with Crippen molar-refractivity contribution in [3.05, 3.63) is 54.4 Å². The van der Waals surface area contributed by atoms with Gasteiger partial charge in [-0.3, -0.25) is 19.4 Å². The predicted molar refractivity (Wildman–Crippen MR) is 116 cm³/mol. The summed E-state index contributed by atoms with van der Waals surface area (Å²) in [7, 11) is -4.20. The first-order valence-electron chi connectivity index (χ1n) is 10.7. The Bertz CT molecular complexity index is 1180. The van der Waals surface area contributed by atoms with Crippen LogP contribution in [-0.4, -0.2) is 83.6 Å². The van der Waals surface area contributed by atoms with Crippen LogP contribution < -0.4 is 10.6 Å². The van der Waals surface area contributed by atoms with Crippen LogP contribution in [-0.2, 0) is 19.6 Å². The van der Waals surface area contributed by atoms with Crippen molar-refractivity contribution >= 4 is 27.7 Å². The van der Waals surface area contributed by atoms with Crippen LogP contribution in [0.5, 0.6) is 0 Å². The van der Waals surface area contributed by atoms with Crippen LogP contribution in [0.3, 0.4) is 0 Å².